The fourth-order valence-electron chi connectivity index (χ4n) is 2.71. The smallest absolute Gasteiger partial charge is 0.252 e. The summed E-state index contributed by atoms with van der Waals surface area (Å²) >= 11 is 1.25. The molecule has 1 saturated heterocycles. The number of piperazine rings is 1. The molecule has 1 fully saturated rings. The second-order valence-electron chi connectivity index (χ2n) is 5.54. The number of aromatic nitrogens is 4. The predicted octanol–water partition coefficient (Wildman–Crippen LogP) is 1.23. The van der Waals surface area contributed by atoms with Crippen LogP contribution >= 0.6 is 11.3 Å². The summed E-state index contributed by atoms with van der Waals surface area (Å²) in [6.07, 6.45) is 5.15. The highest BCUT2D eigenvalue weighted by molar-refractivity contribution is 7.91. The van der Waals surface area contributed by atoms with Gasteiger partial charge in [0.2, 0.25) is 0 Å². The number of nitrogens with zero attached hydrogens (tertiary/aromatic N) is 6. The molecule has 0 bridgehead atoms. The molecule has 3 aromatic rings. The Morgan fingerprint density at radius 3 is 2.36 bits per heavy atom. The van der Waals surface area contributed by atoms with Crippen LogP contribution in [-0.4, -0.2) is 58.7 Å². The summed E-state index contributed by atoms with van der Waals surface area (Å²) < 4.78 is 28.8. The van der Waals surface area contributed by atoms with Crippen molar-refractivity contribution in [2.24, 2.45) is 0 Å². The minimum Gasteiger partial charge on any atom is -0.352 e. The second-order valence-corrected chi connectivity index (χ2v) is 8.66. The van der Waals surface area contributed by atoms with E-state index >= 15 is 0 Å². The van der Waals surface area contributed by atoms with Gasteiger partial charge in [0, 0.05) is 38.6 Å². The Balaban J connectivity index is 1.44. The van der Waals surface area contributed by atoms with E-state index in [-0.39, 0.29) is 0 Å². The van der Waals surface area contributed by atoms with Crippen LogP contribution < -0.4 is 4.90 Å². The number of hydrogen-bond donors (Lipinski definition) is 0. The zero-order chi connectivity index (χ0) is 17.3. The van der Waals surface area contributed by atoms with E-state index in [9.17, 15) is 8.42 Å². The van der Waals surface area contributed by atoms with Crippen molar-refractivity contribution in [2.75, 3.05) is 31.1 Å². The van der Waals surface area contributed by atoms with Gasteiger partial charge in [0.05, 0.1) is 0 Å². The van der Waals surface area contributed by atoms with Crippen LogP contribution in [0, 0.1) is 0 Å². The monoisotopic (exact) mass is 376 g/mol. The van der Waals surface area contributed by atoms with Gasteiger partial charge in [-0.3, -0.25) is 4.57 Å². The number of rotatable bonds is 4. The predicted molar refractivity (Wildman–Crippen MR) is 94.4 cm³/mol. The van der Waals surface area contributed by atoms with Crippen LogP contribution in [0.25, 0.3) is 5.82 Å². The molecular formula is C15H16N6O2S2. The maximum absolute atomic E-state index is 12.5. The van der Waals surface area contributed by atoms with Crippen molar-refractivity contribution < 1.29 is 8.42 Å². The molecule has 10 heteroatoms. The molecule has 4 rings (SSSR count). The van der Waals surface area contributed by atoms with Gasteiger partial charge in [-0.15, -0.1) is 21.5 Å². The van der Waals surface area contributed by atoms with Crippen molar-refractivity contribution in [3.63, 3.8) is 0 Å². The molecular weight excluding hydrogens is 360 g/mol. The summed E-state index contributed by atoms with van der Waals surface area (Å²) in [7, 11) is -3.38. The van der Waals surface area contributed by atoms with Gasteiger partial charge in [0.1, 0.15) is 10.5 Å². The highest BCUT2D eigenvalue weighted by atomic mass is 32.2. The van der Waals surface area contributed by atoms with Gasteiger partial charge in [0.15, 0.2) is 11.6 Å². The van der Waals surface area contributed by atoms with E-state index in [0.717, 1.165) is 5.82 Å². The van der Waals surface area contributed by atoms with Crippen LogP contribution in [0.4, 0.5) is 5.82 Å². The number of sulfonamides is 1. The van der Waals surface area contributed by atoms with E-state index in [4.69, 9.17) is 0 Å². The molecule has 0 saturated carbocycles. The van der Waals surface area contributed by atoms with Crippen molar-refractivity contribution in [2.45, 2.75) is 4.21 Å². The Morgan fingerprint density at radius 2 is 1.76 bits per heavy atom. The molecule has 8 nitrogen and oxygen atoms in total. The first-order valence-electron chi connectivity index (χ1n) is 7.75. The van der Waals surface area contributed by atoms with Gasteiger partial charge in [-0.25, -0.2) is 13.4 Å². The lowest BCUT2D eigenvalue weighted by atomic mass is 10.3. The molecule has 0 aliphatic carbocycles. The van der Waals surface area contributed by atoms with Crippen molar-refractivity contribution in [3.8, 4) is 5.82 Å². The summed E-state index contributed by atoms with van der Waals surface area (Å²) in [6, 6.07) is 7.17. The minimum absolute atomic E-state index is 0.394. The van der Waals surface area contributed by atoms with E-state index in [1.165, 1.54) is 15.6 Å². The lowest BCUT2D eigenvalue weighted by Crippen LogP contribution is -2.48. The van der Waals surface area contributed by atoms with Gasteiger partial charge in [-0.2, -0.15) is 4.31 Å². The Morgan fingerprint density at radius 1 is 1.00 bits per heavy atom. The highest BCUT2D eigenvalue weighted by Gasteiger charge is 2.29. The van der Waals surface area contributed by atoms with E-state index in [0.29, 0.717) is 36.2 Å². The molecule has 1 aliphatic rings. The fraction of sp³-hybridized carbons (Fsp3) is 0.267. The molecule has 4 heterocycles. The highest BCUT2D eigenvalue weighted by Crippen LogP contribution is 2.23. The van der Waals surface area contributed by atoms with Crippen LogP contribution in [0.1, 0.15) is 0 Å². The number of thiophene rings is 1. The SMILES string of the molecule is O=S(=O)(c1cccs1)N1CCN(c2ccc(-n3ccnc3)nn2)CC1. The summed E-state index contributed by atoms with van der Waals surface area (Å²) in [5.41, 5.74) is 0. The summed E-state index contributed by atoms with van der Waals surface area (Å²) in [6.45, 7) is 2.05. The zero-order valence-electron chi connectivity index (χ0n) is 13.3. The van der Waals surface area contributed by atoms with Gasteiger partial charge in [-0.1, -0.05) is 6.07 Å². The first-order chi connectivity index (χ1) is 12.1. The third-order valence-corrected chi connectivity index (χ3v) is 7.33. The van der Waals surface area contributed by atoms with E-state index in [2.05, 4.69) is 15.2 Å². The largest absolute Gasteiger partial charge is 0.352 e. The number of hydrogen-bond acceptors (Lipinski definition) is 7. The molecule has 130 valence electrons. The molecule has 0 amide bonds. The quantitative estimate of drug-likeness (QED) is 0.681. The molecule has 3 aromatic heterocycles. The van der Waals surface area contributed by atoms with Gasteiger partial charge in [0.25, 0.3) is 10.0 Å². The van der Waals surface area contributed by atoms with Crippen molar-refractivity contribution in [1.82, 2.24) is 24.1 Å². The van der Waals surface area contributed by atoms with Crippen molar-refractivity contribution >= 4 is 27.2 Å². The van der Waals surface area contributed by atoms with Crippen molar-refractivity contribution in [3.05, 3.63) is 48.4 Å². The fourth-order valence-corrected chi connectivity index (χ4v) is 5.28. The minimum atomic E-state index is -3.38. The average molecular weight is 376 g/mol. The summed E-state index contributed by atoms with van der Waals surface area (Å²) in [5, 5.41) is 10.2. The van der Waals surface area contributed by atoms with Crippen LogP contribution in [0.3, 0.4) is 0 Å². The molecule has 0 N–H and O–H groups in total. The van der Waals surface area contributed by atoms with E-state index in [1.807, 2.05) is 17.0 Å². The lowest BCUT2D eigenvalue weighted by molar-refractivity contribution is 0.384. The molecule has 0 unspecified atom stereocenters. The van der Waals surface area contributed by atoms with Crippen LogP contribution in [0.2, 0.25) is 0 Å². The maximum atomic E-state index is 12.5. The Bertz CT molecular complexity index is 915. The Hall–Kier alpha value is -2.30. The third kappa shape index (κ3) is 3.15. The van der Waals surface area contributed by atoms with E-state index in [1.54, 1.807) is 40.8 Å². The second kappa shape index (κ2) is 6.54. The zero-order valence-corrected chi connectivity index (χ0v) is 14.9. The van der Waals surface area contributed by atoms with Crippen LogP contribution in [0.15, 0.2) is 52.6 Å². The van der Waals surface area contributed by atoms with Gasteiger partial charge < -0.3 is 4.90 Å². The maximum Gasteiger partial charge on any atom is 0.252 e. The number of anilines is 1. The van der Waals surface area contributed by atoms with Gasteiger partial charge in [-0.05, 0) is 23.6 Å². The van der Waals surface area contributed by atoms with E-state index < -0.39 is 10.0 Å². The third-order valence-electron chi connectivity index (χ3n) is 4.06. The molecule has 1 aliphatic heterocycles. The first-order valence-corrected chi connectivity index (χ1v) is 10.1. The molecule has 0 atom stereocenters. The molecule has 0 spiro atoms. The summed E-state index contributed by atoms with van der Waals surface area (Å²) in [5.74, 6) is 1.44. The average Bonchev–Trinajstić information content (AvgIpc) is 3.36. The topological polar surface area (TPSA) is 84.2 Å². The molecule has 0 aromatic carbocycles. The Labute approximate surface area is 149 Å². The van der Waals surface area contributed by atoms with Gasteiger partial charge >= 0.3 is 0 Å². The van der Waals surface area contributed by atoms with Crippen LogP contribution in [-0.2, 0) is 10.0 Å². The Kier molecular flexibility index (Phi) is 4.24. The molecule has 25 heavy (non-hydrogen) atoms. The lowest BCUT2D eigenvalue weighted by Gasteiger charge is -2.34. The number of imidazole rings is 1. The van der Waals surface area contributed by atoms with Crippen molar-refractivity contribution in [1.29, 1.82) is 0 Å². The first kappa shape index (κ1) is 16.2. The molecule has 0 radical (unpaired) electrons. The van der Waals surface area contributed by atoms with Crippen LogP contribution in [0.5, 0.6) is 0 Å². The normalized spacial score (nSPS) is 16.2. The summed E-state index contributed by atoms with van der Waals surface area (Å²) in [4.78, 5) is 6.03. The standard InChI is InChI=1S/C15H16N6O2S2/c22-25(23,15-2-1-11-24-15)21-9-7-19(8-10-21)13-3-4-14(18-17-13)20-6-5-16-12-20/h1-6,11-12H,7-10H2.